The highest BCUT2D eigenvalue weighted by Crippen LogP contribution is 2.24. The SMILES string of the molecule is Cc1cccc2c1B1c3c(C)cccc3Cc3cccc(c31)C2. The van der Waals surface area contributed by atoms with Gasteiger partial charge in [-0.25, -0.2) is 0 Å². The molecule has 2 heterocycles. The van der Waals surface area contributed by atoms with Crippen LogP contribution in [0.15, 0.2) is 54.6 Å². The average molecular weight is 294 g/mol. The normalized spacial score (nSPS) is 14.1. The van der Waals surface area contributed by atoms with Gasteiger partial charge in [-0.3, -0.25) is 0 Å². The molecule has 0 bridgehead atoms. The molecule has 0 aliphatic carbocycles. The molecule has 110 valence electrons. The van der Waals surface area contributed by atoms with E-state index in [-0.39, 0.29) is 0 Å². The standard InChI is InChI=1S/C22H19B/c1-14-6-3-8-16-12-18-10-5-11-19-13-17-9-4-7-15(2)21(17)23(20(14)16)22(18)19/h3-11H,12-13H2,1-2H3. The number of rotatable bonds is 0. The van der Waals surface area contributed by atoms with Gasteiger partial charge in [0.1, 0.15) is 0 Å². The van der Waals surface area contributed by atoms with E-state index in [0.29, 0.717) is 6.71 Å². The zero-order valence-electron chi connectivity index (χ0n) is 13.7. The van der Waals surface area contributed by atoms with Gasteiger partial charge in [-0.05, 0) is 48.9 Å². The minimum absolute atomic E-state index is 0.427. The summed E-state index contributed by atoms with van der Waals surface area (Å²) in [6, 6.07) is 20.5. The van der Waals surface area contributed by atoms with Crippen molar-refractivity contribution in [2.75, 3.05) is 0 Å². The van der Waals surface area contributed by atoms with Crippen LogP contribution in [0.1, 0.15) is 33.4 Å². The van der Waals surface area contributed by atoms with Gasteiger partial charge in [0.05, 0.1) is 0 Å². The lowest BCUT2D eigenvalue weighted by Crippen LogP contribution is -2.62. The Bertz CT molecular complexity index is 846. The summed E-state index contributed by atoms with van der Waals surface area (Å²) in [5.74, 6) is 0. The molecule has 3 aromatic rings. The molecule has 0 saturated carbocycles. The van der Waals surface area contributed by atoms with Crippen molar-refractivity contribution in [2.24, 2.45) is 0 Å². The van der Waals surface area contributed by atoms with E-state index < -0.39 is 0 Å². The lowest BCUT2D eigenvalue weighted by molar-refractivity contribution is 1.14. The molecule has 0 N–H and O–H groups in total. The maximum absolute atomic E-state index is 2.33. The summed E-state index contributed by atoms with van der Waals surface area (Å²) >= 11 is 0. The molecule has 0 aromatic heterocycles. The van der Waals surface area contributed by atoms with Crippen LogP contribution >= 0.6 is 0 Å². The third kappa shape index (κ3) is 1.74. The van der Waals surface area contributed by atoms with E-state index in [9.17, 15) is 0 Å². The Kier molecular flexibility index (Phi) is 2.64. The van der Waals surface area contributed by atoms with Crippen LogP contribution in [-0.4, -0.2) is 6.71 Å². The number of aryl methyl sites for hydroxylation is 2. The monoisotopic (exact) mass is 294 g/mol. The highest BCUT2D eigenvalue weighted by atomic mass is 14.2. The van der Waals surface area contributed by atoms with Crippen molar-refractivity contribution < 1.29 is 0 Å². The van der Waals surface area contributed by atoms with Gasteiger partial charge < -0.3 is 0 Å². The lowest BCUT2D eigenvalue weighted by Gasteiger charge is -2.35. The van der Waals surface area contributed by atoms with Gasteiger partial charge in [0.15, 0.2) is 0 Å². The predicted molar refractivity (Wildman–Crippen MR) is 99.1 cm³/mol. The molecule has 3 aromatic carbocycles. The second kappa shape index (κ2) is 4.61. The van der Waals surface area contributed by atoms with Gasteiger partial charge in [0.25, 0.3) is 0 Å². The zero-order chi connectivity index (χ0) is 15.6. The third-order valence-electron chi connectivity index (χ3n) is 5.74. The second-order valence-electron chi connectivity index (χ2n) is 7.07. The minimum atomic E-state index is 0.427. The van der Waals surface area contributed by atoms with E-state index in [4.69, 9.17) is 0 Å². The van der Waals surface area contributed by atoms with Crippen LogP contribution in [0.3, 0.4) is 0 Å². The second-order valence-corrected chi connectivity index (χ2v) is 7.07. The quantitative estimate of drug-likeness (QED) is 0.385. The fourth-order valence-corrected chi connectivity index (χ4v) is 4.81. The first kappa shape index (κ1) is 13.2. The molecular weight excluding hydrogens is 275 g/mol. The maximum atomic E-state index is 2.33. The van der Waals surface area contributed by atoms with E-state index in [1.807, 2.05) is 0 Å². The molecule has 0 nitrogen and oxygen atoms in total. The van der Waals surface area contributed by atoms with Crippen LogP contribution in [0.5, 0.6) is 0 Å². The molecule has 0 fully saturated rings. The Hall–Kier alpha value is -2.28. The first-order chi connectivity index (χ1) is 11.2. The molecular formula is C22H19B. The molecule has 0 spiro atoms. The van der Waals surface area contributed by atoms with Crippen molar-refractivity contribution >= 4 is 23.1 Å². The number of hydrogen-bond donors (Lipinski definition) is 0. The van der Waals surface area contributed by atoms with Crippen molar-refractivity contribution in [3.8, 4) is 0 Å². The predicted octanol–water partition coefficient (Wildman–Crippen LogP) is 2.63. The van der Waals surface area contributed by atoms with Crippen LogP contribution in [0.4, 0.5) is 0 Å². The minimum Gasteiger partial charge on any atom is -0.0623 e. The van der Waals surface area contributed by atoms with Gasteiger partial charge >= 0.3 is 0 Å². The highest BCUT2D eigenvalue weighted by molar-refractivity contribution is 6.97. The Morgan fingerprint density at radius 2 is 0.957 bits per heavy atom. The first-order valence-corrected chi connectivity index (χ1v) is 8.51. The van der Waals surface area contributed by atoms with Gasteiger partial charge in [0.2, 0.25) is 6.71 Å². The van der Waals surface area contributed by atoms with E-state index in [1.54, 1.807) is 16.4 Å². The number of benzene rings is 3. The summed E-state index contributed by atoms with van der Waals surface area (Å²) in [5.41, 5.74) is 13.7. The van der Waals surface area contributed by atoms with Crippen LogP contribution < -0.4 is 16.4 Å². The van der Waals surface area contributed by atoms with Crippen molar-refractivity contribution in [2.45, 2.75) is 26.7 Å². The highest BCUT2D eigenvalue weighted by Gasteiger charge is 2.37. The van der Waals surface area contributed by atoms with E-state index in [2.05, 4.69) is 68.4 Å². The summed E-state index contributed by atoms with van der Waals surface area (Å²) in [4.78, 5) is 0. The zero-order valence-corrected chi connectivity index (χ0v) is 13.7. The first-order valence-electron chi connectivity index (χ1n) is 8.51. The Morgan fingerprint density at radius 1 is 0.565 bits per heavy atom. The summed E-state index contributed by atoms with van der Waals surface area (Å²) in [7, 11) is 0. The molecule has 0 radical (unpaired) electrons. The number of fused-ring (bicyclic) bond motifs is 4. The van der Waals surface area contributed by atoms with Gasteiger partial charge in [-0.15, -0.1) is 0 Å². The van der Waals surface area contributed by atoms with Crippen molar-refractivity contribution in [1.29, 1.82) is 0 Å². The molecule has 2 aliphatic rings. The van der Waals surface area contributed by atoms with Crippen molar-refractivity contribution in [3.63, 3.8) is 0 Å². The maximum Gasteiger partial charge on any atom is 0.243 e. The fourth-order valence-electron chi connectivity index (χ4n) is 4.81. The molecule has 5 rings (SSSR count). The summed E-state index contributed by atoms with van der Waals surface area (Å²) < 4.78 is 0. The Balaban J connectivity index is 1.91. The van der Waals surface area contributed by atoms with Crippen molar-refractivity contribution in [1.82, 2.24) is 0 Å². The van der Waals surface area contributed by atoms with Crippen LogP contribution in [0.25, 0.3) is 0 Å². The fraction of sp³-hybridized carbons (Fsp3) is 0.182. The van der Waals surface area contributed by atoms with E-state index >= 15 is 0 Å². The molecule has 2 aliphatic heterocycles. The van der Waals surface area contributed by atoms with Gasteiger partial charge in [0, 0.05) is 0 Å². The Morgan fingerprint density at radius 3 is 1.43 bits per heavy atom. The largest absolute Gasteiger partial charge is 0.243 e. The van der Waals surface area contributed by atoms with E-state index in [0.717, 1.165) is 12.8 Å². The van der Waals surface area contributed by atoms with Crippen LogP contribution in [0.2, 0.25) is 0 Å². The summed E-state index contributed by atoms with van der Waals surface area (Å²) in [6.07, 6.45) is 2.16. The molecule has 0 unspecified atom stereocenters. The smallest absolute Gasteiger partial charge is 0.0623 e. The van der Waals surface area contributed by atoms with Crippen LogP contribution in [0, 0.1) is 13.8 Å². The van der Waals surface area contributed by atoms with E-state index in [1.165, 1.54) is 33.4 Å². The molecule has 1 heteroatoms. The summed E-state index contributed by atoms with van der Waals surface area (Å²) in [6.45, 7) is 4.98. The third-order valence-corrected chi connectivity index (χ3v) is 5.74. The molecule has 0 amide bonds. The Labute approximate surface area is 138 Å². The molecule has 23 heavy (non-hydrogen) atoms. The average Bonchev–Trinajstić information content (AvgIpc) is 2.55. The van der Waals surface area contributed by atoms with Crippen LogP contribution in [-0.2, 0) is 12.8 Å². The molecule has 0 saturated heterocycles. The topological polar surface area (TPSA) is 0 Å². The lowest BCUT2D eigenvalue weighted by atomic mass is 9.29. The molecule has 0 atom stereocenters. The van der Waals surface area contributed by atoms with Crippen molar-refractivity contribution in [3.05, 3.63) is 88.0 Å². The van der Waals surface area contributed by atoms with Gasteiger partial charge in [-0.2, -0.15) is 0 Å². The number of hydrogen-bond acceptors (Lipinski definition) is 0. The summed E-state index contributed by atoms with van der Waals surface area (Å²) in [5, 5.41) is 0. The van der Waals surface area contributed by atoms with Gasteiger partial charge in [-0.1, -0.05) is 82.1 Å².